The van der Waals surface area contributed by atoms with Crippen LogP contribution in [-0.4, -0.2) is 10.6 Å². The third kappa shape index (κ3) is 4.03. The minimum atomic E-state index is -0.321. The summed E-state index contributed by atoms with van der Waals surface area (Å²) in [6.07, 6.45) is 0. The topological polar surface area (TPSA) is 17.1 Å². The Morgan fingerprint density at radius 3 is 2.15 bits per heavy atom. The highest BCUT2D eigenvalue weighted by Crippen LogP contribution is 2.34. The molecule has 20 heavy (non-hydrogen) atoms. The SMILES string of the molecule is O=C(c1ccc(Br)cc1)[C@H](Br)[C@H](Br)c1cccc(Br)c1. The lowest BCUT2D eigenvalue weighted by Crippen LogP contribution is -2.19. The number of hydrogen-bond acceptors (Lipinski definition) is 1. The number of Topliss-reactive ketones (excluding diaryl/α,β-unsaturated/α-hetero) is 1. The fraction of sp³-hybridized carbons (Fsp3) is 0.133. The van der Waals surface area contributed by atoms with E-state index in [9.17, 15) is 4.79 Å². The van der Waals surface area contributed by atoms with Gasteiger partial charge in [0.1, 0.15) is 0 Å². The zero-order chi connectivity index (χ0) is 14.7. The van der Waals surface area contributed by atoms with Crippen LogP contribution in [0.15, 0.2) is 57.5 Å². The van der Waals surface area contributed by atoms with Crippen molar-refractivity contribution in [1.82, 2.24) is 0 Å². The van der Waals surface area contributed by atoms with Gasteiger partial charge in [0.05, 0.1) is 9.65 Å². The molecule has 1 nitrogen and oxygen atoms in total. The predicted octanol–water partition coefficient (Wildman–Crippen LogP) is 6.29. The van der Waals surface area contributed by atoms with Crippen molar-refractivity contribution in [1.29, 1.82) is 0 Å². The van der Waals surface area contributed by atoms with E-state index in [-0.39, 0.29) is 15.4 Å². The van der Waals surface area contributed by atoms with Gasteiger partial charge in [-0.1, -0.05) is 88.0 Å². The van der Waals surface area contributed by atoms with E-state index in [1.54, 1.807) is 0 Å². The molecule has 2 aromatic carbocycles. The minimum Gasteiger partial charge on any atom is -0.293 e. The van der Waals surface area contributed by atoms with Gasteiger partial charge in [0, 0.05) is 14.5 Å². The summed E-state index contributed by atoms with van der Waals surface area (Å²) >= 11 is 13.9. The Hall–Kier alpha value is 0.0300. The summed E-state index contributed by atoms with van der Waals surface area (Å²) in [5.41, 5.74) is 1.74. The molecule has 0 aliphatic carbocycles. The van der Waals surface area contributed by atoms with Crippen molar-refractivity contribution in [2.75, 3.05) is 0 Å². The summed E-state index contributed by atoms with van der Waals surface area (Å²) in [6, 6.07) is 15.3. The molecule has 2 atom stereocenters. The molecule has 5 heteroatoms. The molecular weight excluding hydrogens is 516 g/mol. The van der Waals surface area contributed by atoms with Gasteiger partial charge < -0.3 is 0 Å². The van der Waals surface area contributed by atoms with Crippen molar-refractivity contribution in [3.8, 4) is 0 Å². The van der Waals surface area contributed by atoms with Crippen molar-refractivity contribution in [3.63, 3.8) is 0 Å². The first-order valence-electron chi connectivity index (χ1n) is 5.82. The van der Waals surface area contributed by atoms with Gasteiger partial charge >= 0.3 is 0 Å². The highest BCUT2D eigenvalue weighted by molar-refractivity contribution is 9.12. The number of benzene rings is 2. The summed E-state index contributed by atoms with van der Waals surface area (Å²) in [6.45, 7) is 0. The largest absolute Gasteiger partial charge is 0.293 e. The third-order valence-electron chi connectivity index (χ3n) is 2.80. The van der Waals surface area contributed by atoms with Gasteiger partial charge in [0.25, 0.3) is 0 Å². The zero-order valence-corrected chi connectivity index (χ0v) is 16.5. The van der Waals surface area contributed by atoms with E-state index < -0.39 is 0 Å². The molecule has 2 aromatic rings. The Morgan fingerprint density at radius 1 is 0.900 bits per heavy atom. The smallest absolute Gasteiger partial charge is 0.177 e. The Bertz CT molecular complexity index is 610. The standard InChI is InChI=1S/C15H10Br4O/c16-11-6-4-9(5-7-11)15(20)14(19)13(18)10-2-1-3-12(17)8-10/h1-8,13-14H/t13-,14-/m1/s1. The van der Waals surface area contributed by atoms with E-state index in [1.165, 1.54) is 0 Å². The third-order valence-corrected chi connectivity index (χ3v) is 6.54. The molecule has 0 N–H and O–H groups in total. The van der Waals surface area contributed by atoms with Crippen molar-refractivity contribution in [3.05, 3.63) is 68.6 Å². The first kappa shape index (κ1) is 16.4. The first-order valence-corrected chi connectivity index (χ1v) is 9.24. The van der Waals surface area contributed by atoms with Crippen LogP contribution in [0, 0.1) is 0 Å². The predicted molar refractivity (Wildman–Crippen MR) is 97.0 cm³/mol. The Morgan fingerprint density at radius 2 is 1.55 bits per heavy atom. The normalized spacial score (nSPS) is 13.8. The van der Waals surface area contributed by atoms with Crippen LogP contribution < -0.4 is 0 Å². The molecule has 104 valence electrons. The second kappa shape index (κ2) is 7.34. The van der Waals surface area contributed by atoms with Gasteiger partial charge in [-0.2, -0.15) is 0 Å². The summed E-state index contributed by atoms with van der Waals surface area (Å²) in [5.74, 6) is 0.0550. The van der Waals surface area contributed by atoms with E-state index in [0.717, 1.165) is 14.5 Å². The van der Waals surface area contributed by atoms with Crippen molar-refractivity contribution < 1.29 is 4.79 Å². The molecule has 0 radical (unpaired) electrons. The molecule has 0 unspecified atom stereocenters. The van der Waals surface area contributed by atoms with Gasteiger partial charge in [-0.05, 0) is 29.8 Å². The number of carbonyl (C=O) groups is 1. The fourth-order valence-electron chi connectivity index (χ4n) is 1.75. The zero-order valence-electron chi connectivity index (χ0n) is 10.2. The van der Waals surface area contributed by atoms with Gasteiger partial charge in [-0.15, -0.1) is 0 Å². The molecule has 0 heterocycles. The second-order valence-electron chi connectivity index (χ2n) is 4.23. The fourth-order valence-corrected chi connectivity index (χ4v) is 3.53. The summed E-state index contributed by atoms with van der Waals surface area (Å²) in [7, 11) is 0. The maximum Gasteiger partial charge on any atom is 0.177 e. The van der Waals surface area contributed by atoms with Crippen LogP contribution in [0.25, 0.3) is 0 Å². The lowest BCUT2D eigenvalue weighted by Gasteiger charge is -2.16. The number of hydrogen-bond donors (Lipinski definition) is 0. The van der Waals surface area contributed by atoms with Crippen LogP contribution in [0.2, 0.25) is 0 Å². The minimum absolute atomic E-state index is 0.0550. The molecule has 0 saturated carbocycles. The Balaban J connectivity index is 2.20. The van der Waals surface area contributed by atoms with Gasteiger partial charge in [0.15, 0.2) is 5.78 Å². The lowest BCUT2D eigenvalue weighted by atomic mass is 10.0. The van der Waals surface area contributed by atoms with Crippen LogP contribution in [0.3, 0.4) is 0 Å². The van der Waals surface area contributed by atoms with Crippen LogP contribution in [-0.2, 0) is 0 Å². The molecule has 0 saturated heterocycles. The molecule has 0 aliphatic rings. The Labute approximate surface area is 151 Å². The highest BCUT2D eigenvalue weighted by Gasteiger charge is 2.26. The lowest BCUT2D eigenvalue weighted by molar-refractivity contribution is 0.0991. The van der Waals surface area contributed by atoms with E-state index >= 15 is 0 Å². The number of alkyl halides is 2. The van der Waals surface area contributed by atoms with Crippen molar-refractivity contribution in [2.45, 2.75) is 9.65 Å². The molecular formula is C15H10Br4O. The van der Waals surface area contributed by atoms with Gasteiger partial charge in [-0.3, -0.25) is 4.79 Å². The molecule has 0 aromatic heterocycles. The average Bonchev–Trinajstić information content (AvgIpc) is 2.46. The molecule has 0 spiro atoms. The summed E-state index contributed by atoms with van der Waals surface area (Å²) < 4.78 is 1.96. The number of carbonyl (C=O) groups excluding carboxylic acids is 1. The molecule has 0 amide bonds. The van der Waals surface area contributed by atoms with Crippen LogP contribution in [0.4, 0.5) is 0 Å². The average molecular weight is 526 g/mol. The monoisotopic (exact) mass is 522 g/mol. The van der Waals surface area contributed by atoms with E-state index in [0.29, 0.717) is 5.56 Å². The van der Waals surface area contributed by atoms with E-state index in [2.05, 4.69) is 63.7 Å². The van der Waals surface area contributed by atoms with Crippen LogP contribution in [0.1, 0.15) is 20.7 Å². The van der Waals surface area contributed by atoms with Crippen molar-refractivity contribution >= 4 is 69.5 Å². The maximum atomic E-state index is 12.5. The number of rotatable bonds is 4. The summed E-state index contributed by atoms with van der Waals surface area (Å²) in [5, 5.41) is 0. The molecule has 2 rings (SSSR count). The van der Waals surface area contributed by atoms with Gasteiger partial charge in [0.2, 0.25) is 0 Å². The number of halogens is 4. The Kier molecular flexibility index (Phi) is 6.02. The first-order chi connectivity index (χ1) is 9.49. The second-order valence-corrected chi connectivity index (χ2v) is 8.03. The summed E-state index contributed by atoms with van der Waals surface area (Å²) in [4.78, 5) is 12.0. The van der Waals surface area contributed by atoms with E-state index in [1.807, 2.05) is 48.5 Å². The van der Waals surface area contributed by atoms with Crippen LogP contribution >= 0.6 is 63.7 Å². The highest BCUT2D eigenvalue weighted by atomic mass is 79.9. The number of ketones is 1. The molecule has 0 fully saturated rings. The molecule has 0 aliphatic heterocycles. The van der Waals surface area contributed by atoms with Gasteiger partial charge in [-0.25, -0.2) is 0 Å². The maximum absolute atomic E-state index is 12.5. The van der Waals surface area contributed by atoms with Crippen molar-refractivity contribution in [2.24, 2.45) is 0 Å². The van der Waals surface area contributed by atoms with Crippen LogP contribution in [0.5, 0.6) is 0 Å². The molecule has 0 bridgehead atoms. The van der Waals surface area contributed by atoms with E-state index in [4.69, 9.17) is 0 Å². The quantitative estimate of drug-likeness (QED) is 0.338.